The van der Waals surface area contributed by atoms with E-state index in [0.29, 0.717) is 42.8 Å². The number of benzene rings is 2. The number of phenolic OH excluding ortho intramolecular Hbond substituents is 1. The first kappa shape index (κ1) is 29.1. The van der Waals surface area contributed by atoms with Gasteiger partial charge in [0.1, 0.15) is 23.5 Å². The predicted octanol–water partition coefficient (Wildman–Crippen LogP) is 6.98. The summed E-state index contributed by atoms with van der Waals surface area (Å²) in [5.74, 6) is 1.58. The van der Waals surface area contributed by atoms with E-state index in [9.17, 15) is 9.90 Å². The van der Waals surface area contributed by atoms with E-state index in [1.165, 1.54) is 0 Å². The van der Waals surface area contributed by atoms with Crippen LogP contribution in [0, 0.1) is 0 Å². The van der Waals surface area contributed by atoms with Gasteiger partial charge in [-0.2, -0.15) is 0 Å². The van der Waals surface area contributed by atoms with Crippen LogP contribution in [0.1, 0.15) is 79.1 Å². The van der Waals surface area contributed by atoms with Gasteiger partial charge in [0.15, 0.2) is 5.60 Å². The molecule has 0 saturated carbocycles. The summed E-state index contributed by atoms with van der Waals surface area (Å²) in [5.41, 5.74) is 1.69. The Bertz CT molecular complexity index is 1240. The summed E-state index contributed by atoms with van der Waals surface area (Å²) >= 11 is 0. The largest absolute Gasteiger partial charge is 0.507 e. The molecular weight excluding hydrogens is 482 g/mol. The normalized spacial score (nSPS) is 12.3. The van der Waals surface area contributed by atoms with Gasteiger partial charge >= 0.3 is 5.97 Å². The molecule has 0 atom stereocenters. The minimum atomic E-state index is -1.08. The third kappa shape index (κ3) is 6.88. The lowest BCUT2D eigenvalue weighted by molar-refractivity contribution is -0.158. The Morgan fingerprint density at radius 2 is 1.55 bits per heavy atom. The summed E-state index contributed by atoms with van der Waals surface area (Å²) in [6.45, 7) is 18.3. The van der Waals surface area contributed by atoms with Crippen LogP contribution in [0.15, 0.2) is 47.1 Å². The Labute approximate surface area is 226 Å². The minimum Gasteiger partial charge on any atom is -0.507 e. The van der Waals surface area contributed by atoms with Gasteiger partial charge in [0.25, 0.3) is 0 Å². The highest BCUT2D eigenvalue weighted by Crippen LogP contribution is 2.44. The zero-order valence-electron chi connectivity index (χ0n) is 24.1. The maximum atomic E-state index is 12.0. The van der Waals surface area contributed by atoms with E-state index >= 15 is 0 Å². The number of hydrogen-bond donors (Lipinski definition) is 1. The summed E-state index contributed by atoms with van der Waals surface area (Å²) in [4.78, 5) is 16.7. The van der Waals surface area contributed by atoms with E-state index in [2.05, 4.69) is 46.5 Å². The third-order valence-electron chi connectivity index (χ3n) is 6.11. The van der Waals surface area contributed by atoms with Crippen molar-refractivity contribution in [2.75, 3.05) is 13.2 Å². The molecule has 0 unspecified atom stereocenters. The van der Waals surface area contributed by atoms with Gasteiger partial charge in [-0.05, 0) is 67.5 Å². The van der Waals surface area contributed by atoms with Crippen LogP contribution in [0.3, 0.4) is 0 Å². The van der Waals surface area contributed by atoms with Crippen LogP contribution in [0.5, 0.6) is 17.2 Å². The molecule has 2 aromatic carbocycles. The molecule has 3 rings (SSSR count). The number of hydrogen-bond acceptors (Lipinski definition) is 7. The maximum absolute atomic E-state index is 12.0. The lowest BCUT2D eigenvalue weighted by Gasteiger charge is -2.28. The molecule has 0 spiro atoms. The highest BCUT2D eigenvalue weighted by atomic mass is 16.6. The molecule has 38 heavy (non-hydrogen) atoms. The molecule has 0 radical (unpaired) electrons. The summed E-state index contributed by atoms with van der Waals surface area (Å²) in [6.07, 6.45) is 2.18. The minimum absolute atomic E-state index is 0.191. The number of aromatic nitrogens is 1. The monoisotopic (exact) mass is 523 g/mol. The van der Waals surface area contributed by atoms with Crippen LogP contribution in [-0.4, -0.2) is 34.9 Å². The predicted molar refractivity (Wildman–Crippen MR) is 148 cm³/mol. The second-order valence-electron chi connectivity index (χ2n) is 11.9. The highest BCUT2D eigenvalue weighted by Gasteiger charge is 2.32. The van der Waals surface area contributed by atoms with Crippen molar-refractivity contribution < 1.29 is 28.5 Å². The third-order valence-corrected chi connectivity index (χ3v) is 6.11. The first-order chi connectivity index (χ1) is 17.6. The van der Waals surface area contributed by atoms with Gasteiger partial charge in [-0.1, -0.05) is 47.6 Å². The number of carbonyl (C=O) groups excluding carboxylic acids is 1. The molecule has 0 aliphatic carbocycles. The van der Waals surface area contributed by atoms with E-state index in [4.69, 9.17) is 18.6 Å². The fourth-order valence-corrected chi connectivity index (χ4v) is 4.20. The summed E-state index contributed by atoms with van der Waals surface area (Å²) < 4.78 is 22.6. The van der Waals surface area contributed by atoms with Crippen molar-refractivity contribution in [1.82, 2.24) is 4.98 Å². The molecule has 0 aliphatic rings. The SMILES string of the molecule is CCOC(=O)C(C)(C)Oc1ccc(OCCc2coc(-c3ccc(C(C)(C)C)c(O)c3C(C)(C)C)n2)cc1. The number of ether oxygens (including phenoxy) is 3. The quantitative estimate of drug-likeness (QED) is 0.302. The van der Waals surface area contributed by atoms with E-state index in [0.717, 1.165) is 22.4 Å². The van der Waals surface area contributed by atoms with E-state index < -0.39 is 11.6 Å². The number of aromatic hydroxyl groups is 1. The molecule has 0 saturated heterocycles. The van der Waals surface area contributed by atoms with Crippen LogP contribution in [0.2, 0.25) is 0 Å². The van der Waals surface area contributed by atoms with Crippen molar-refractivity contribution >= 4 is 5.97 Å². The standard InChI is InChI=1S/C31H41NO6/c1-10-35-28(34)31(8,9)38-22-13-11-21(12-14-22)36-18-17-20-19-37-27(32-20)23-15-16-24(29(2,3)4)26(33)25(23)30(5,6)7/h11-16,19,33H,10,17-18H2,1-9H3. The fraction of sp³-hybridized carbons (Fsp3) is 0.484. The Morgan fingerprint density at radius 1 is 0.921 bits per heavy atom. The van der Waals surface area contributed by atoms with Gasteiger partial charge in [-0.25, -0.2) is 9.78 Å². The summed E-state index contributed by atoms with van der Waals surface area (Å²) in [5, 5.41) is 11.2. The van der Waals surface area contributed by atoms with Crippen LogP contribution in [0.4, 0.5) is 0 Å². The highest BCUT2D eigenvalue weighted by molar-refractivity contribution is 5.79. The van der Waals surface area contributed by atoms with Crippen LogP contribution < -0.4 is 9.47 Å². The van der Waals surface area contributed by atoms with Crippen LogP contribution in [-0.2, 0) is 26.8 Å². The van der Waals surface area contributed by atoms with Gasteiger partial charge in [0, 0.05) is 17.5 Å². The average Bonchev–Trinajstić information content (AvgIpc) is 3.27. The van der Waals surface area contributed by atoms with Gasteiger partial charge in [0.2, 0.25) is 5.89 Å². The number of oxazole rings is 1. The smallest absolute Gasteiger partial charge is 0.349 e. The molecule has 0 bridgehead atoms. The fourth-order valence-electron chi connectivity index (χ4n) is 4.20. The zero-order chi connectivity index (χ0) is 28.3. The van der Waals surface area contributed by atoms with E-state index in [1.54, 1.807) is 51.3 Å². The molecule has 7 nitrogen and oxygen atoms in total. The lowest BCUT2D eigenvalue weighted by atomic mass is 9.77. The van der Waals surface area contributed by atoms with E-state index in [-0.39, 0.29) is 10.8 Å². The van der Waals surface area contributed by atoms with Gasteiger partial charge in [0.05, 0.1) is 18.9 Å². The molecule has 1 N–H and O–H groups in total. The van der Waals surface area contributed by atoms with Crippen LogP contribution >= 0.6 is 0 Å². The average molecular weight is 524 g/mol. The molecule has 0 amide bonds. The van der Waals surface area contributed by atoms with Crippen molar-refractivity contribution in [1.29, 1.82) is 0 Å². The van der Waals surface area contributed by atoms with Crippen LogP contribution in [0.25, 0.3) is 11.5 Å². The first-order valence-electron chi connectivity index (χ1n) is 13.0. The van der Waals surface area contributed by atoms with E-state index in [1.807, 2.05) is 12.1 Å². The Hall–Kier alpha value is -3.48. The second kappa shape index (κ2) is 11.1. The molecule has 1 aromatic heterocycles. The summed E-state index contributed by atoms with van der Waals surface area (Å²) in [6, 6.07) is 11.0. The molecule has 0 aliphatic heterocycles. The van der Waals surface area contributed by atoms with Crippen molar-refractivity contribution in [3.8, 4) is 28.7 Å². The van der Waals surface area contributed by atoms with Crippen molar-refractivity contribution in [2.45, 2.75) is 85.2 Å². The Balaban J connectivity index is 1.67. The molecule has 7 heteroatoms. The number of carbonyl (C=O) groups is 1. The number of nitrogens with zero attached hydrogens (tertiary/aromatic N) is 1. The van der Waals surface area contributed by atoms with Gasteiger partial charge < -0.3 is 23.7 Å². The molecule has 0 fully saturated rings. The maximum Gasteiger partial charge on any atom is 0.349 e. The van der Waals surface area contributed by atoms with Crippen molar-refractivity contribution in [3.63, 3.8) is 0 Å². The Morgan fingerprint density at radius 3 is 2.13 bits per heavy atom. The summed E-state index contributed by atoms with van der Waals surface area (Å²) in [7, 11) is 0. The number of rotatable bonds is 9. The van der Waals surface area contributed by atoms with Gasteiger partial charge in [-0.3, -0.25) is 0 Å². The topological polar surface area (TPSA) is 91.0 Å². The van der Waals surface area contributed by atoms with Crippen molar-refractivity contribution in [3.05, 3.63) is 59.5 Å². The molecule has 206 valence electrons. The Kier molecular flexibility index (Phi) is 8.49. The molecule has 3 aromatic rings. The molecule has 1 heterocycles. The van der Waals surface area contributed by atoms with Gasteiger partial charge in [-0.15, -0.1) is 0 Å². The zero-order valence-corrected chi connectivity index (χ0v) is 24.1. The molecular formula is C31H41NO6. The second-order valence-corrected chi connectivity index (χ2v) is 11.9. The number of esters is 1. The lowest BCUT2D eigenvalue weighted by Crippen LogP contribution is -2.39. The van der Waals surface area contributed by atoms with Crippen molar-refractivity contribution in [2.24, 2.45) is 0 Å². The first-order valence-corrected chi connectivity index (χ1v) is 13.0. The number of phenols is 1.